The molecule has 0 aromatic heterocycles. The highest BCUT2D eigenvalue weighted by atomic mass is 31.2. The highest BCUT2D eigenvalue weighted by molar-refractivity contribution is 7.47. The first-order chi connectivity index (χ1) is 44.3. The molecule has 0 aliphatic carbocycles. The Morgan fingerprint density at radius 2 is 0.641 bits per heavy atom. The third kappa shape index (κ3) is 64.9. The monoisotopic (exact) mass is 1350 g/mol. The zero-order valence-electron chi connectivity index (χ0n) is 59.5. The fourth-order valence-electron chi connectivity index (χ4n) is 10.5. The summed E-state index contributed by atoms with van der Waals surface area (Å²) >= 11 is 0. The van der Waals surface area contributed by atoms with E-state index < -0.39 is 97.5 Å². The maximum atomic E-state index is 13.0. The van der Waals surface area contributed by atoms with Crippen LogP contribution in [0.15, 0.2) is 24.3 Å². The molecule has 542 valence electrons. The summed E-state index contributed by atoms with van der Waals surface area (Å²) in [6.07, 6.45) is 50.8. The van der Waals surface area contributed by atoms with Gasteiger partial charge in [0.1, 0.15) is 19.3 Å². The molecular weight excluding hydrogens is 1210 g/mol. The Balaban J connectivity index is 5.27. The van der Waals surface area contributed by atoms with Gasteiger partial charge in [-0.15, -0.1) is 0 Å². The second kappa shape index (κ2) is 63.3. The lowest BCUT2D eigenvalue weighted by Crippen LogP contribution is -2.30. The minimum absolute atomic E-state index is 0.0837. The maximum Gasteiger partial charge on any atom is 0.472 e. The van der Waals surface area contributed by atoms with Crippen LogP contribution in [0.4, 0.5) is 0 Å². The number of carbonyl (C=O) groups excluding carboxylic acids is 4. The molecule has 0 spiro atoms. The van der Waals surface area contributed by atoms with E-state index in [1.54, 1.807) is 0 Å². The van der Waals surface area contributed by atoms with E-state index in [0.29, 0.717) is 31.6 Å². The van der Waals surface area contributed by atoms with Gasteiger partial charge in [-0.3, -0.25) is 37.3 Å². The quantitative estimate of drug-likeness (QED) is 0.0169. The van der Waals surface area contributed by atoms with Gasteiger partial charge < -0.3 is 33.8 Å². The molecule has 0 rings (SSSR count). The second-order valence-corrected chi connectivity index (χ2v) is 29.7. The fraction of sp³-hybridized carbons (Fsp3) is 0.890. The van der Waals surface area contributed by atoms with Crippen LogP contribution in [0, 0.1) is 17.8 Å². The van der Waals surface area contributed by atoms with E-state index in [1.165, 1.54) is 135 Å². The summed E-state index contributed by atoms with van der Waals surface area (Å²) < 4.78 is 68.3. The van der Waals surface area contributed by atoms with Crippen molar-refractivity contribution in [3.63, 3.8) is 0 Å². The number of phosphoric ester groups is 2. The Kier molecular flexibility index (Phi) is 61.6. The molecule has 0 aliphatic rings. The van der Waals surface area contributed by atoms with E-state index in [0.717, 1.165) is 121 Å². The summed E-state index contributed by atoms with van der Waals surface area (Å²) in [7, 11) is -9.92. The molecule has 17 nitrogen and oxygen atoms in total. The summed E-state index contributed by atoms with van der Waals surface area (Å²) in [5.41, 5.74) is 0. The van der Waals surface area contributed by atoms with Crippen LogP contribution in [0.3, 0.4) is 0 Å². The fourth-order valence-corrected chi connectivity index (χ4v) is 12.1. The predicted octanol–water partition coefficient (Wildman–Crippen LogP) is 20.6. The largest absolute Gasteiger partial charge is 0.472 e. The third-order valence-electron chi connectivity index (χ3n) is 16.6. The highest BCUT2D eigenvalue weighted by Crippen LogP contribution is 2.45. The molecule has 3 unspecified atom stereocenters. The summed E-state index contributed by atoms with van der Waals surface area (Å²) in [5.74, 6) is 0.0781. The van der Waals surface area contributed by atoms with Gasteiger partial charge in [-0.2, -0.15) is 0 Å². The number of allylic oxidation sites excluding steroid dienone is 4. The lowest BCUT2D eigenvalue weighted by Gasteiger charge is -2.21. The molecule has 0 saturated carbocycles. The maximum absolute atomic E-state index is 13.0. The van der Waals surface area contributed by atoms with Gasteiger partial charge in [-0.25, -0.2) is 9.13 Å². The average Bonchev–Trinajstić information content (AvgIpc) is 2.78. The number of aliphatic hydroxyl groups excluding tert-OH is 1. The van der Waals surface area contributed by atoms with Gasteiger partial charge in [0.2, 0.25) is 0 Å². The van der Waals surface area contributed by atoms with Crippen molar-refractivity contribution in [2.75, 3.05) is 39.6 Å². The predicted molar refractivity (Wildman–Crippen MR) is 372 cm³/mol. The van der Waals surface area contributed by atoms with Crippen molar-refractivity contribution < 1.29 is 80.2 Å². The number of unbranched alkanes of at least 4 members (excludes halogenated alkanes) is 33. The zero-order chi connectivity index (χ0) is 68.0. The van der Waals surface area contributed by atoms with E-state index in [9.17, 15) is 43.2 Å². The highest BCUT2D eigenvalue weighted by Gasteiger charge is 2.30. The van der Waals surface area contributed by atoms with E-state index in [4.69, 9.17) is 37.0 Å². The van der Waals surface area contributed by atoms with Crippen LogP contribution >= 0.6 is 15.6 Å². The molecule has 0 saturated heterocycles. The first-order valence-electron chi connectivity index (χ1n) is 37.2. The summed E-state index contributed by atoms with van der Waals surface area (Å²) in [6, 6.07) is 0. The summed E-state index contributed by atoms with van der Waals surface area (Å²) in [6.45, 7) is 11.7. The Morgan fingerprint density at radius 1 is 0.359 bits per heavy atom. The van der Waals surface area contributed by atoms with Crippen LogP contribution < -0.4 is 0 Å². The number of hydrogen-bond donors (Lipinski definition) is 3. The molecule has 92 heavy (non-hydrogen) atoms. The standard InChI is InChI=1S/C73H138O17P2/c1-8-10-11-12-13-14-15-16-17-20-24-27-33-42-49-56-72(77)89-69(61-84-71(76)55-48-41-36-35-39-46-53-66(7)9-2)63-88-92(81,82)86-59-67(74)58-85-91(79,80)87-62-68(90-73(78)57-50-43-34-29-28-31-38-45-52-65(5)6)60-83-70(75)54-47-40-32-26-23-21-18-19-22-25-30-37-44-51-64(3)4/h14-17,64-69,74H,8-13,18-63H2,1-7H3,(H,79,80)(H,81,82)/b15-14-,17-16-/t66?,67-,68-,69-/m1/s1. The normalized spacial score (nSPS) is 14.6. The van der Waals surface area contributed by atoms with Crippen LogP contribution in [0.2, 0.25) is 0 Å². The molecule has 0 radical (unpaired) electrons. The van der Waals surface area contributed by atoms with E-state index >= 15 is 0 Å². The van der Waals surface area contributed by atoms with Gasteiger partial charge in [0, 0.05) is 25.7 Å². The van der Waals surface area contributed by atoms with Gasteiger partial charge in [0.25, 0.3) is 0 Å². The lowest BCUT2D eigenvalue weighted by atomic mass is 10.00. The molecule has 0 heterocycles. The van der Waals surface area contributed by atoms with E-state index in [2.05, 4.69) is 72.8 Å². The third-order valence-corrected chi connectivity index (χ3v) is 18.5. The number of rotatable bonds is 69. The van der Waals surface area contributed by atoms with Crippen LogP contribution in [-0.2, 0) is 65.4 Å². The van der Waals surface area contributed by atoms with Crippen LogP contribution in [0.25, 0.3) is 0 Å². The van der Waals surface area contributed by atoms with Crippen molar-refractivity contribution in [1.82, 2.24) is 0 Å². The first kappa shape index (κ1) is 89.5. The molecule has 6 atom stereocenters. The van der Waals surface area contributed by atoms with Crippen molar-refractivity contribution in [3.8, 4) is 0 Å². The number of ether oxygens (including phenoxy) is 4. The number of hydrogen-bond acceptors (Lipinski definition) is 15. The van der Waals surface area contributed by atoms with Crippen molar-refractivity contribution >= 4 is 39.5 Å². The smallest absolute Gasteiger partial charge is 0.462 e. The van der Waals surface area contributed by atoms with Crippen molar-refractivity contribution in [3.05, 3.63) is 24.3 Å². The van der Waals surface area contributed by atoms with Gasteiger partial charge in [-0.1, -0.05) is 291 Å². The van der Waals surface area contributed by atoms with Gasteiger partial charge >= 0.3 is 39.5 Å². The van der Waals surface area contributed by atoms with Gasteiger partial charge in [0.05, 0.1) is 26.4 Å². The number of esters is 4. The molecule has 19 heteroatoms. The van der Waals surface area contributed by atoms with Crippen LogP contribution in [0.1, 0.15) is 344 Å². The summed E-state index contributed by atoms with van der Waals surface area (Å²) in [5, 5.41) is 10.6. The SMILES string of the molecule is CCCCCC/C=C\C=C/CCCCCCCC(=O)O[C@H](COC(=O)CCCCCCCCC(C)CC)COP(=O)(O)OC[C@H](O)COP(=O)(O)OC[C@@H](COC(=O)CCCCCCCCCCCCCCCC(C)C)OC(=O)CCCCCCCCCCC(C)C. The Bertz CT molecular complexity index is 1900. The molecular formula is C73H138O17P2. The molecule has 0 bridgehead atoms. The molecule has 0 amide bonds. The topological polar surface area (TPSA) is 237 Å². The van der Waals surface area contributed by atoms with Crippen LogP contribution in [0.5, 0.6) is 0 Å². The van der Waals surface area contributed by atoms with Crippen molar-refractivity contribution in [2.24, 2.45) is 17.8 Å². The first-order valence-corrected chi connectivity index (χ1v) is 40.2. The number of phosphoric acid groups is 2. The Morgan fingerprint density at radius 3 is 0.967 bits per heavy atom. The molecule has 0 fully saturated rings. The number of carbonyl (C=O) groups is 4. The Hall–Kier alpha value is -2.46. The van der Waals surface area contributed by atoms with E-state index in [-0.39, 0.29) is 25.7 Å². The molecule has 0 aromatic carbocycles. The van der Waals surface area contributed by atoms with Gasteiger partial charge in [0.15, 0.2) is 12.2 Å². The minimum atomic E-state index is -4.96. The molecule has 3 N–H and O–H groups in total. The molecule has 0 aromatic rings. The average molecular weight is 1350 g/mol. The number of aliphatic hydroxyl groups is 1. The van der Waals surface area contributed by atoms with Gasteiger partial charge in [-0.05, 0) is 69.1 Å². The molecule has 0 aliphatic heterocycles. The Labute approximate surface area is 561 Å². The lowest BCUT2D eigenvalue weighted by molar-refractivity contribution is -0.161. The van der Waals surface area contributed by atoms with E-state index in [1.807, 2.05) is 0 Å². The zero-order valence-corrected chi connectivity index (χ0v) is 61.3. The second-order valence-electron chi connectivity index (χ2n) is 26.8. The van der Waals surface area contributed by atoms with Crippen molar-refractivity contribution in [2.45, 2.75) is 362 Å². The summed E-state index contributed by atoms with van der Waals surface area (Å²) in [4.78, 5) is 72.6. The minimum Gasteiger partial charge on any atom is -0.462 e. The van der Waals surface area contributed by atoms with Crippen molar-refractivity contribution in [1.29, 1.82) is 0 Å². The van der Waals surface area contributed by atoms with Crippen LogP contribution in [-0.4, -0.2) is 96.7 Å².